The Labute approximate surface area is 131 Å². The Morgan fingerprint density at radius 1 is 1.05 bits per heavy atom. The third kappa shape index (κ3) is 6.14. The lowest BCUT2D eigenvalue weighted by Crippen LogP contribution is -2.06. The molecule has 0 bridgehead atoms. The lowest BCUT2D eigenvalue weighted by molar-refractivity contribution is -0.137. The first-order valence-corrected chi connectivity index (χ1v) is 9.08. The van der Waals surface area contributed by atoms with Crippen LogP contribution in [-0.4, -0.2) is 32.0 Å². The van der Waals surface area contributed by atoms with Gasteiger partial charge in [-0.25, -0.2) is 4.79 Å². The van der Waals surface area contributed by atoms with E-state index < -0.39 is 13.6 Å². The molecule has 0 saturated carbocycles. The van der Waals surface area contributed by atoms with Crippen molar-refractivity contribution in [3.05, 3.63) is 42.0 Å². The highest BCUT2D eigenvalue weighted by Gasteiger charge is 2.26. The average molecular weight is 326 g/mol. The van der Waals surface area contributed by atoms with Crippen molar-refractivity contribution in [2.45, 2.75) is 20.8 Å². The predicted molar refractivity (Wildman–Crippen MR) is 86.8 cm³/mol. The van der Waals surface area contributed by atoms with Crippen molar-refractivity contribution in [2.75, 3.05) is 26.0 Å². The highest BCUT2D eigenvalue weighted by Crippen LogP contribution is 2.51. The van der Waals surface area contributed by atoms with Gasteiger partial charge in [0.2, 0.25) is 0 Å². The Morgan fingerprint density at radius 3 is 2.14 bits per heavy atom. The van der Waals surface area contributed by atoms with Crippen LogP contribution in [0.25, 0.3) is 5.57 Å². The SMILES string of the molecule is CCOC(=O)/C=C(\CP(=O)(OCC)OCC)c1ccccc1. The minimum absolute atomic E-state index is 0.0253. The summed E-state index contributed by atoms with van der Waals surface area (Å²) in [6.45, 7) is 6.08. The van der Waals surface area contributed by atoms with E-state index in [0.717, 1.165) is 5.56 Å². The van der Waals surface area contributed by atoms with Crippen molar-refractivity contribution in [3.8, 4) is 0 Å². The average Bonchev–Trinajstić information content (AvgIpc) is 2.48. The van der Waals surface area contributed by atoms with E-state index in [4.69, 9.17) is 13.8 Å². The van der Waals surface area contributed by atoms with E-state index in [9.17, 15) is 9.36 Å². The lowest BCUT2D eigenvalue weighted by atomic mass is 10.1. The summed E-state index contributed by atoms with van der Waals surface area (Å²) in [4.78, 5) is 11.8. The summed E-state index contributed by atoms with van der Waals surface area (Å²) < 4.78 is 28.2. The molecule has 5 nitrogen and oxygen atoms in total. The van der Waals surface area contributed by atoms with Gasteiger partial charge in [0.05, 0.1) is 26.0 Å². The van der Waals surface area contributed by atoms with Crippen LogP contribution < -0.4 is 0 Å². The molecule has 0 saturated heterocycles. The summed E-state index contributed by atoms with van der Waals surface area (Å²) in [6.07, 6.45) is 1.38. The first-order valence-electron chi connectivity index (χ1n) is 7.35. The fourth-order valence-corrected chi connectivity index (χ4v) is 3.66. The van der Waals surface area contributed by atoms with Gasteiger partial charge in [-0.05, 0) is 31.9 Å². The molecular weight excluding hydrogens is 303 g/mol. The van der Waals surface area contributed by atoms with E-state index in [0.29, 0.717) is 5.57 Å². The van der Waals surface area contributed by atoms with Gasteiger partial charge < -0.3 is 13.8 Å². The van der Waals surface area contributed by atoms with Crippen molar-refractivity contribution in [1.29, 1.82) is 0 Å². The molecule has 0 radical (unpaired) electrons. The van der Waals surface area contributed by atoms with Crippen LogP contribution in [0.4, 0.5) is 0 Å². The molecule has 0 aliphatic carbocycles. The Kier molecular flexibility index (Phi) is 8.10. The maximum absolute atomic E-state index is 12.7. The highest BCUT2D eigenvalue weighted by molar-refractivity contribution is 7.54. The van der Waals surface area contributed by atoms with Crippen LogP contribution in [-0.2, 0) is 23.1 Å². The fourth-order valence-electron chi connectivity index (χ4n) is 1.93. The molecule has 0 heterocycles. The Bertz CT molecular complexity index is 529. The number of esters is 1. The van der Waals surface area contributed by atoms with Gasteiger partial charge in [-0.2, -0.15) is 0 Å². The quantitative estimate of drug-likeness (QED) is 0.391. The monoisotopic (exact) mass is 326 g/mol. The molecule has 0 aliphatic rings. The summed E-state index contributed by atoms with van der Waals surface area (Å²) in [5, 5.41) is 0. The minimum Gasteiger partial charge on any atom is -0.463 e. The summed E-state index contributed by atoms with van der Waals surface area (Å²) in [5.74, 6) is -0.471. The smallest absolute Gasteiger partial charge is 0.335 e. The van der Waals surface area contributed by atoms with Crippen LogP contribution in [0, 0.1) is 0 Å². The molecule has 1 aromatic carbocycles. The molecule has 0 aliphatic heterocycles. The van der Waals surface area contributed by atoms with E-state index in [-0.39, 0.29) is 26.0 Å². The fraction of sp³-hybridized carbons (Fsp3) is 0.438. The zero-order valence-electron chi connectivity index (χ0n) is 13.3. The normalized spacial score (nSPS) is 12.2. The molecule has 0 aromatic heterocycles. The molecular formula is C16H23O5P. The van der Waals surface area contributed by atoms with Gasteiger partial charge in [-0.1, -0.05) is 30.3 Å². The number of hydrogen-bond donors (Lipinski definition) is 0. The summed E-state index contributed by atoms with van der Waals surface area (Å²) in [7, 11) is -3.29. The van der Waals surface area contributed by atoms with Crippen LogP contribution in [0.1, 0.15) is 26.3 Å². The molecule has 0 N–H and O–H groups in total. The van der Waals surface area contributed by atoms with Crippen LogP contribution in [0.5, 0.6) is 0 Å². The molecule has 0 atom stereocenters. The second kappa shape index (κ2) is 9.57. The number of carbonyl (C=O) groups excluding carboxylic acids is 1. The second-order valence-electron chi connectivity index (χ2n) is 4.39. The minimum atomic E-state index is -3.29. The number of rotatable bonds is 9. The van der Waals surface area contributed by atoms with Crippen LogP contribution in [0.2, 0.25) is 0 Å². The van der Waals surface area contributed by atoms with Crippen molar-refractivity contribution in [1.82, 2.24) is 0 Å². The number of hydrogen-bond acceptors (Lipinski definition) is 5. The highest BCUT2D eigenvalue weighted by atomic mass is 31.2. The van der Waals surface area contributed by atoms with Crippen molar-refractivity contribution >= 4 is 19.1 Å². The zero-order valence-corrected chi connectivity index (χ0v) is 14.2. The summed E-state index contributed by atoms with van der Waals surface area (Å²) in [5.41, 5.74) is 1.36. The van der Waals surface area contributed by atoms with E-state index >= 15 is 0 Å². The molecule has 0 unspecified atom stereocenters. The van der Waals surface area contributed by atoms with Gasteiger partial charge in [0.1, 0.15) is 0 Å². The van der Waals surface area contributed by atoms with Crippen LogP contribution in [0.15, 0.2) is 36.4 Å². The first-order chi connectivity index (χ1) is 10.5. The Morgan fingerprint density at radius 2 is 1.64 bits per heavy atom. The van der Waals surface area contributed by atoms with E-state index in [1.165, 1.54) is 6.08 Å². The number of carbonyl (C=O) groups is 1. The van der Waals surface area contributed by atoms with Gasteiger partial charge in [-0.15, -0.1) is 0 Å². The maximum atomic E-state index is 12.7. The standard InChI is InChI=1S/C16H23O5P/c1-4-19-16(17)12-15(14-10-8-7-9-11-14)13-22(18,20-5-2)21-6-3/h7-12H,4-6,13H2,1-3H3/b15-12+. The molecule has 1 rings (SSSR count). The molecule has 0 amide bonds. The van der Waals surface area contributed by atoms with E-state index in [1.54, 1.807) is 20.8 Å². The molecule has 122 valence electrons. The van der Waals surface area contributed by atoms with Crippen LogP contribution >= 0.6 is 7.60 Å². The molecule has 0 spiro atoms. The van der Waals surface area contributed by atoms with Crippen LogP contribution in [0.3, 0.4) is 0 Å². The first kappa shape index (κ1) is 18.6. The molecule has 1 aromatic rings. The zero-order chi connectivity index (χ0) is 16.4. The van der Waals surface area contributed by atoms with Gasteiger partial charge in [0.25, 0.3) is 0 Å². The van der Waals surface area contributed by atoms with Crippen molar-refractivity contribution in [3.63, 3.8) is 0 Å². The lowest BCUT2D eigenvalue weighted by Gasteiger charge is -2.18. The Balaban J connectivity index is 3.10. The largest absolute Gasteiger partial charge is 0.463 e. The van der Waals surface area contributed by atoms with Crippen molar-refractivity contribution in [2.24, 2.45) is 0 Å². The number of benzene rings is 1. The number of ether oxygens (including phenoxy) is 1. The van der Waals surface area contributed by atoms with E-state index in [2.05, 4.69) is 0 Å². The number of allylic oxidation sites excluding steroid dienone is 1. The van der Waals surface area contributed by atoms with E-state index in [1.807, 2.05) is 30.3 Å². The summed E-state index contributed by atoms with van der Waals surface area (Å²) in [6, 6.07) is 9.25. The summed E-state index contributed by atoms with van der Waals surface area (Å²) >= 11 is 0. The van der Waals surface area contributed by atoms with Gasteiger partial charge in [0.15, 0.2) is 0 Å². The topological polar surface area (TPSA) is 61.8 Å². The molecule has 0 fully saturated rings. The molecule has 6 heteroatoms. The molecule has 22 heavy (non-hydrogen) atoms. The van der Waals surface area contributed by atoms with Gasteiger partial charge in [0, 0.05) is 6.08 Å². The van der Waals surface area contributed by atoms with Gasteiger partial charge >= 0.3 is 13.6 Å². The third-order valence-electron chi connectivity index (χ3n) is 2.74. The Hall–Kier alpha value is -1.42. The maximum Gasteiger partial charge on any atom is 0.335 e. The third-order valence-corrected chi connectivity index (χ3v) is 4.77. The second-order valence-corrected chi connectivity index (χ2v) is 6.45. The van der Waals surface area contributed by atoms with Crippen molar-refractivity contribution < 1.29 is 23.1 Å². The van der Waals surface area contributed by atoms with Gasteiger partial charge in [-0.3, -0.25) is 4.57 Å². The predicted octanol–water partition coefficient (Wildman–Crippen LogP) is 3.90.